The van der Waals surface area contributed by atoms with Gasteiger partial charge in [0.2, 0.25) is 10.0 Å². The molecule has 2 aromatic rings. The van der Waals surface area contributed by atoms with Crippen LogP contribution in [0.15, 0.2) is 46.2 Å². The molecule has 0 aromatic heterocycles. The molecule has 28 heavy (non-hydrogen) atoms. The molecule has 0 radical (unpaired) electrons. The van der Waals surface area contributed by atoms with Gasteiger partial charge in [-0.2, -0.15) is 17.9 Å². The van der Waals surface area contributed by atoms with Crippen LogP contribution < -0.4 is 9.46 Å². The lowest BCUT2D eigenvalue weighted by Gasteiger charge is -2.23. The average Bonchev–Trinajstić information content (AvgIpc) is 2.56. The van der Waals surface area contributed by atoms with E-state index in [2.05, 4.69) is 0 Å². The fraction of sp³-hybridized carbons (Fsp3) is 0.368. The van der Waals surface area contributed by atoms with E-state index in [0.29, 0.717) is 11.1 Å². The Morgan fingerprint density at radius 1 is 1.07 bits per heavy atom. The first-order chi connectivity index (χ1) is 12.9. The van der Waals surface area contributed by atoms with Crippen molar-refractivity contribution in [1.82, 2.24) is 4.72 Å². The summed E-state index contributed by atoms with van der Waals surface area (Å²) < 4.78 is 72.6. The van der Waals surface area contributed by atoms with Crippen LogP contribution in [0.25, 0.3) is 0 Å². The number of benzene rings is 2. The molecule has 1 N–H and O–H groups in total. The van der Waals surface area contributed by atoms with E-state index in [0.717, 1.165) is 10.5 Å². The van der Waals surface area contributed by atoms with Gasteiger partial charge in [0.05, 0.1) is 4.90 Å². The molecule has 2 rings (SSSR count). The number of aryl methyl sites for hydroxylation is 3. The van der Waals surface area contributed by atoms with E-state index in [4.69, 9.17) is 4.74 Å². The van der Waals surface area contributed by atoms with Crippen molar-refractivity contribution >= 4 is 21.8 Å². The number of ether oxygens (including phenoxy) is 1. The topological polar surface area (TPSA) is 55.4 Å². The SMILES string of the molecule is CSc1ccc(OCC(NS(=O)(=O)c2c(C)cc(C)cc2C)C(F)(F)F)cc1. The number of sulfonamides is 1. The Kier molecular flexibility index (Phi) is 7.06. The molecule has 0 saturated carbocycles. The summed E-state index contributed by atoms with van der Waals surface area (Å²) in [5, 5.41) is 0. The molecule has 0 heterocycles. The standard InChI is InChI=1S/C19H22F3NO3S2/c1-12-9-13(2)18(14(3)10-12)28(24,25)23-17(19(20,21)22)11-26-15-5-7-16(27-4)8-6-15/h5-10,17,23H,11H2,1-4H3. The maximum absolute atomic E-state index is 13.4. The van der Waals surface area contributed by atoms with Crippen LogP contribution in [0.2, 0.25) is 0 Å². The molecular formula is C19H22F3NO3S2. The number of alkyl halides is 3. The molecular weight excluding hydrogens is 411 g/mol. The highest BCUT2D eigenvalue weighted by atomic mass is 32.2. The zero-order valence-corrected chi connectivity index (χ0v) is 17.6. The van der Waals surface area contributed by atoms with E-state index in [1.807, 2.05) is 6.26 Å². The van der Waals surface area contributed by atoms with Crippen LogP contribution in [0.3, 0.4) is 0 Å². The van der Waals surface area contributed by atoms with Crippen molar-refractivity contribution in [3.8, 4) is 5.75 Å². The minimum atomic E-state index is -4.81. The fourth-order valence-corrected chi connectivity index (χ4v) is 4.95. The third-order valence-corrected chi connectivity index (χ3v) is 6.56. The molecule has 2 aromatic carbocycles. The summed E-state index contributed by atoms with van der Waals surface area (Å²) in [6, 6.07) is 7.38. The lowest BCUT2D eigenvalue weighted by molar-refractivity contribution is -0.157. The smallest absolute Gasteiger partial charge is 0.408 e. The quantitative estimate of drug-likeness (QED) is 0.648. The van der Waals surface area contributed by atoms with Crippen LogP contribution in [0.1, 0.15) is 16.7 Å². The molecule has 0 fully saturated rings. The van der Waals surface area contributed by atoms with Crippen LogP contribution >= 0.6 is 11.8 Å². The first kappa shape index (κ1) is 22.6. The van der Waals surface area contributed by atoms with Gasteiger partial charge in [-0.25, -0.2) is 8.42 Å². The van der Waals surface area contributed by atoms with E-state index < -0.39 is 28.8 Å². The Morgan fingerprint density at radius 2 is 1.61 bits per heavy atom. The van der Waals surface area contributed by atoms with Gasteiger partial charge in [0, 0.05) is 4.90 Å². The van der Waals surface area contributed by atoms with Gasteiger partial charge in [-0.05, 0) is 62.4 Å². The Labute approximate surface area is 167 Å². The number of nitrogens with one attached hydrogen (secondary N) is 1. The zero-order chi connectivity index (χ0) is 21.1. The summed E-state index contributed by atoms with van der Waals surface area (Å²) in [5.74, 6) is 0.231. The summed E-state index contributed by atoms with van der Waals surface area (Å²) in [5.41, 5.74) is 1.61. The van der Waals surface area contributed by atoms with E-state index in [-0.39, 0.29) is 10.6 Å². The highest BCUT2D eigenvalue weighted by molar-refractivity contribution is 7.98. The van der Waals surface area contributed by atoms with Gasteiger partial charge in [-0.3, -0.25) is 0 Å². The van der Waals surface area contributed by atoms with Gasteiger partial charge in [-0.1, -0.05) is 17.7 Å². The zero-order valence-electron chi connectivity index (χ0n) is 15.9. The van der Waals surface area contributed by atoms with Crippen molar-refractivity contribution in [3.05, 3.63) is 53.1 Å². The van der Waals surface area contributed by atoms with Crippen LogP contribution in [-0.4, -0.2) is 33.5 Å². The third-order valence-electron chi connectivity index (χ3n) is 4.04. The number of hydrogen-bond donors (Lipinski definition) is 1. The van der Waals surface area contributed by atoms with Gasteiger partial charge in [-0.15, -0.1) is 11.8 Å². The van der Waals surface area contributed by atoms with Crippen LogP contribution in [0.5, 0.6) is 5.75 Å². The number of hydrogen-bond acceptors (Lipinski definition) is 4. The van der Waals surface area contributed by atoms with Crippen molar-refractivity contribution in [1.29, 1.82) is 0 Å². The second-order valence-electron chi connectivity index (χ2n) is 6.43. The second-order valence-corrected chi connectivity index (χ2v) is 8.96. The summed E-state index contributed by atoms with van der Waals surface area (Å²) in [7, 11) is -4.39. The van der Waals surface area contributed by atoms with Crippen molar-refractivity contribution in [3.63, 3.8) is 0 Å². The van der Waals surface area contributed by atoms with Crippen LogP contribution in [0.4, 0.5) is 13.2 Å². The third kappa shape index (κ3) is 5.65. The molecule has 0 aliphatic heterocycles. The van der Waals surface area contributed by atoms with Gasteiger partial charge in [0.1, 0.15) is 12.4 Å². The highest BCUT2D eigenvalue weighted by Gasteiger charge is 2.43. The Hall–Kier alpha value is -1.71. The van der Waals surface area contributed by atoms with E-state index in [9.17, 15) is 21.6 Å². The van der Waals surface area contributed by atoms with Crippen LogP contribution in [0, 0.1) is 20.8 Å². The van der Waals surface area contributed by atoms with Gasteiger partial charge in [0.15, 0.2) is 6.04 Å². The number of thioether (sulfide) groups is 1. The minimum absolute atomic E-state index is 0.142. The lowest BCUT2D eigenvalue weighted by atomic mass is 10.1. The van der Waals surface area contributed by atoms with Gasteiger partial charge in [0.25, 0.3) is 0 Å². The number of halogens is 3. The lowest BCUT2D eigenvalue weighted by Crippen LogP contribution is -2.49. The van der Waals surface area contributed by atoms with Gasteiger partial charge < -0.3 is 4.74 Å². The second kappa shape index (κ2) is 8.75. The molecule has 1 atom stereocenters. The first-order valence-corrected chi connectivity index (χ1v) is 11.1. The molecule has 0 aliphatic rings. The Morgan fingerprint density at radius 3 is 2.07 bits per heavy atom. The maximum Gasteiger partial charge on any atom is 0.408 e. The molecule has 0 spiro atoms. The molecule has 9 heteroatoms. The average molecular weight is 434 g/mol. The van der Waals surface area contributed by atoms with Crippen molar-refractivity contribution in [2.45, 2.75) is 42.8 Å². The summed E-state index contributed by atoms with van der Waals surface area (Å²) in [6.45, 7) is 4.03. The molecule has 154 valence electrons. The van der Waals surface area contributed by atoms with Crippen molar-refractivity contribution < 1.29 is 26.3 Å². The first-order valence-electron chi connectivity index (χ1n) is 8.38. The molecule has 0 amide bonds. The maximum atomic E-state index is 13.4. The number of rotatable bonds is 7. The summed E-state index contributed by atoms with van der Waals surface area (Å²) in [6.07, 6.45) is -2.93. The normalized spacial score (nSPS) is 13.4. The predicted molar refractivity (Wildman–Crippen MR) is 105 cm³/mol. The van der Waals surface area contributed by atoms with Crippen LogP contribution in [-0.2, 0) is 10.0 Å². The fourth-order valence-electron chi connectivity index (χ4n) is 2.88. The van der Waals surface area contributed by atoms with Crippen molar-refractivity contribution in [2.24, 2.45) is 0 Å². The Balaban J connectivity index is 2.24. The Bertz CT molecular complexity index is 903. The molecule has 0 aliphatic carbocycles. The summed E-state index contributed by atoms with van der Waals surface area (Å²) in [4.78, 5) is 0.794. The minimum Gasteiger partial charge on any atom is -0.492 e. The van der Waals surface area contributed by atoms with E-state index in [1.165, 1.54) is 11.8 Å². The molecule has 4 nitrogen and oxygen atoms in total. The highest BCUT2D eigenvalue weighted by Crippen LogP contribution is 2.27. The molecule has 1 unspecified atom stereocenters. The monoisotopic (exact) mass is 433 g/mol. The molecule has 0 bridgehead atoms. The van der Waals surface area contributed by atoms with Gasteiger partial charge >= 0.3 is 6.18 Å². The largest absolute Gasteiger partial charge is 0.492 e. The van der Waals surface area contributed by atoms with E-state index in [1.54, 1.807) is 61.9 Å². The van der Waals surface area contributed by atoms with Crippen molar-refractivity contribution in [2.75, 3.05) is 12.9 Å². The molecule has 0 saturated heterocycles. The predicted octanol–water partition coefficient (Wildman–Crippen LogP) is 4.62. The summed E-state index contributed by atoms with van der Waals surface area (Å²) >= 11 is 1.49. The van der Waals surface area contributed by atoms with E-state index >= 15 is 0 Å².